The fourth-order valence-electron chi connectivity index (χ4n) is 1.56. The van der Waals surface area contributed by atoms with Gasteiger partial charge in [-0.1, -0.05) is 6.07 Å². The largest absolute Gasteiger partial charge is 0.481 e. The summed E-state index contributed by atoms with van der Waals surface area (Å²) in [7, 11) is 1.54. The Hall–Kier alpha value is -2.56. The summed E-state index contributed by atoms with van der Waals surface area (Å²) >= 11 is 0. The molecule has 0 spiro atoms. The number of pyridine rings is 1. The van der Waals surface area contributed by atoms with E-state index in [0.717, 1.165) is 0 Å². The van der Waals surface area contributed by atoms with Crippen molar-refractivity contribution in [3.63, 3.8) is 0 Å². The first-order chi connectivity index (χ1) is 9.72. The first-order valence-corrected chi connectivity index (χ1v) is 6.19. The molecule has 0 aliphatic rings. The van der Waals surface area contributed by atoms with E-state index >= 15 is 0 Å². The average Bonchev–Trinajstić information content (AvgIpc) is 2.48. The fraction of sp³-hybridized carbons (Fsp3) is 0.200. The third kappa shape index (κ3) is 3.47. The van der Waals surface area contributed by atoms with E-state index in [1.807, 2.05) is 0 Å². The molecule has 1 heterocycles. The minimum absolute atomic E-state index is 0.349. The zero-order valence-electron chi connectivity index (χ0n) is 11.3. The van der Waals surface area contributed by atoms with E-state index in [1.54, 1.807) is 56.5 Å². The molecule has 0 amide bonds. The highest BCUT2D eigenvalue weighted by molar-refractivity contribution is 5.89. The van der Waals surface area contributed by atoms with Crippen LogP contribution >= 0.6 is 0 Å². The first-order valence-electron chi connectivity index (χ1n) is 6.19. The number of esters is 1. The molecule has 20 heavy (non-hydrogen) atoms. The molecule has 0 saturated carbocycles. The van der Waals surface area contributed by atoms with E-state index in [1.165, 1.54) is 0 Å². The standard InChI is InChI=1S/C15H15NO4/c1-3-19-15(17)11-7-9-12(10-8-11)20-14-6-4-5-13(16-14)18-2/h4-10H,3H2,1-2H3. The molecule has 0 aliphatic carbocycles. The zero-order valence-corrected chi connectivity index (χ0v) is 11.3. The van der Waals surface area contributed by atoms with E-state index in [9.17, 15) is 4.79 Å². The summed E-state index contributed by atoms with van der Waals surface area (Å²) in [5.74, 6) is 1.14. The number of carbonyl (C=O) groups excluding carboxylic acids is 1. The maximum Gasteiger partial charge on any atom is 0.338 e. The topological polar surface area (TPSA) is 57.7 Å². The van der Waals surface area contributed by atoms with Crippen LogP contribution in [0.25, 0.3) is 0 Å². The summed E-state index contributed by atoms with van der Waals surface area (Å²) < 4.78 is 15.5. The molecule has 0 radical (unpaired) electrons. The van der Waals surface area contributed by atoms with Gasteiger partial charge in [-0.05, 0) is 31.2 Å². The Morgan fingerprint density at radius 3 is 2.45 bits per heavy atom. The molecule has 1 aromatic carbocycles. The Bertz CT molecular complexity index is 581. The lowest BCUT2D eigenvalue weighted by Gasteiger charge is -2.07. The monoisotopic (exact) mass is 273 g/mol. The van der Waals surface area contributed by atoms with Crippen molar-refractivity contribution in [1.29, 1.82) is 0 Å². The molecule has 2 aromatic rings. The Kier molecular flexibility index (Phi) is 4.55. The van der Waals surface area contributed by atoms with Crippen LogP contribution in [0.15, 0.2) is 42.5 Å². The lowest BCUT2D eigenvalue weighted by atomic mass is 10.2. The molecule has 5 nitrogen and oxygen atoms in total. The smallest absolute Gasteiger partial charge is 0.338 e. The van der Waals surface area contributed by atoms with Gasteiger partial charge in [0.1, 0.15) is 5.75 Å². The van der Waals surface area contributed by atoms with Gasteiger partial charge in [-0.25, -0.2) is 4.79 Å². The molecule has 0 N–H and O–H groups in total. The number of benzene rings is 1. The van der Waals surface area contributed by atoms with E-state index in [0.29, 0.717) is 29.7 Å². The van der Waals surface area contributed by atoms with Gasteiger partial charge in [0.05, 0.1) is 19.3 Å². The molecule has 0 fully saturated rings. The van der Waals surface area contributed by atoms with Crippen LogP contribution < -0.4 is 9.47 Å². The Morgan fingerprint density at radius 2 is 1.80 bits per heavy atom. The highest BCUT2D eigenvalue weighted by Crippen LogP contribution is 2.21. The van der Waals surface area contributed by atoms with Crippen molar-refractivity contribution in [2.75, 3.05) is 13.7 Å². The van der Waals surface area contributed by atoms with Gasteiger partial charge in [0.25, 0.3) is 0 Å². The Labute approximate surface area is 117 Å². The van der Waals surface area contributed by atoms with Crippen molar-refractivity contribution in [3.8, 4) is 17.5 Å². The Balaban J connectivity index is 2.08. The summed E-state index contributed by atoms with van der Waals surface area (Å²) in [4.78, 5) is 15.6. The van der Waals surface area contributed by atoms with Crippen molar-refractivity contribution in [1.82, 2.24) is 4.98 Å². The van der Waals surface area contributed by atoms with Crippen molar-refractivity contribution >= 4 is 5.97 Å². The summed E-state index contributed by atoms with van der Waals surface area (Å²) in [6.07, 6.45) is 0. The number of ether oxygens (including phenoxy) is 3. The predicted octanol–water partition coefficient (Wildman–Crippen LogP) is 3.06. The fourth-order valence-corrected chi connectivity index (χ4v) is 1.56. The van der Waals surface area contributed by atoms with Crippen LogP contribution in [0.5, 0.6) is 17.5 Å². The molecular formula is C15H15NO4. The van der Waals surface area contributed by atoms with Crippen molar-refractivity contribution < 1.29 is 19.0 Å². The number of aromatic nitrogens is 1. The molecular weight excluding hydrogens is 258 g/mol. The SMILES string of the molecule is CCOC(=O)c1ccc(Oc2cccc(OC)n2)cc1. The zero-order chi connectivity index (χ0) is 14.4. The quantitative estimate of drug-likeness (QED) is 0.784. The first kappa shape index (κ1) is 13.9. The van der Waals surface area contributed by atoms with Gasteiger partial charge in [0.15, 0.2) is 0 Å². The molecule has 1 aromatic heterocycles. The third-order valence-electron chi connectivity index (χ3n) is 2.49. The molecule has 104 valence electrons. The summed E-state index contributed by atoms with van der Waals surface area (Å²) in [5, 5.41) is 0. The maximum atomic E-state index is 11.5. The summed E-state index contributed by atoms with van der Waals surface area (Å²) in [6, 6.07) is 11.9. The summed E-state index contributed by atoms with van der Waals surface area (Å²) in [5.41, 5.74) is 0.484. The summed E-state index contributed by atoms with van der Waals surface area (Å²) in [6.45, 7) is 2.12. The van der Waals surface area contributed by atoms with Crippen LogP contribution in [-0.4, -0.2) is 24.7 Å². The van der Waals surface area contributed by atoms with Gasteiger partial charge in [0.2, 0.25) is 11.8 Å². The average molecular weight is 273 g/mol. The maximum absolute atomic E-state index is 11.5. The van der Waals surface area contributed by atoms with Gasteiger partial charge >= 0.3 is 5.97 Å². The second kappa shape index (κ2) is 6.56. The van der Waals surface area contributed by atoms with Crippen LogP contribution in [0.4, 0.5) is 0 Å². The van der Waals surface area contributed by atoms with Gasteiger partial charge in [-0.2, -0.15) is 4.98 Å². The van der Waals surface area contributed by atoms with Crippen LogP contribution in [0.1, 0.15) is 17.3 Å². The second-order valence-electron chi connectivity index (χ2n) is 3.87. The number of carbonyl (C=O) groups is 1. The number of rotatable bonds is 5. The third-order valence-corrected chi connectivity index (χ3v) is 2.49. The normalized spacial score (nSPS) is 9.90. The van der Waals surface area contributed by atoms with Crippen molar-refractivity contribution in [2.24, 2.45) is 0 Å². The molecule has 2 rings (SSSR count). The van der Waals surface area contributed by atoms with Gasteiger partial charge in [0, 0.05) is 12.1 Å². The number of nitrogens with zero attached hydrogens (tertiary/aromatic N) is 1. The van der Waals surface area contributed by atoms with E-state index < -0.39 is 0 Å². The minimum Gasteiger partial charge on any atom is -0.481 e. The van der Waals surface area contributed by atoms with Crippen LogP contribution in [0.3, 0.4) is 0 Å². The van der Waals surface area contributed by atoms with E-state index in [-0.39, 0.29) is 5.97 Å². The van der Waals surface area contributed by atoms with E-state index in [2.05, 4.69) is 4.98 Å². The minimum atomic E-state index is -0.349. The molecule has 5 heteroatoms. The molecule has 0 saturated heterocycles. The van der Waals surface area contributed by atoms with Gasteiger partial charge < -0.3 is 14.2 Å². The Morgan fingerprint density at radius 1 is 1.10 bits per heavy atom. The number of hydrogen-bond donors (Lipinski definition) is 0. The number of hydrogen-bond acceptors (Lipinski definition) is 5. The molecule has 0 bridgehead atoms. The van der Waals surface area contributed by atoms with Crippen LogP contribution in [0.2, 0.25) is 0 Å². The van der Waals surface area contributed by atoms with Crippen LogP contribution in [0, 0.1) is 0 Å². The molecule has 0 unspecified atom stereocenters. The van der Waals surface area contributed by atoms with Crippen molar-refractivity contribution in [3.05, 3.63) is 48.0 Å². The molecule has 0 aliphatic heterocycles. The van der Waals surface area contributed by atoms with E-state index in [4.69, 9.17) is 14.2 Å². The van der Waals surface area contributed by atoms with Gasteiger partial charge in [-0.3, -0.25) is 0 Å². The highest BCUT2D eigenvalue weighted by Gasteiger charge is 2.06. The van der Waals surface area contributed by atoms with Gasteiger partial charge in [-0.15, -0.1) is 0 Å². The number of methoxy groups -OCH3 is 1. The van der Waals surface area contributed by atoms with Crippen molar-refractivity contribution in [2.45, 2.75) is 6.92 Å². The highest BCUT2D eigenvalue weighted by atomic mass is 16.5. The molecule has 0 atom stereocenters. The lowest BCUT2D eigenvalue weighted by molar-refractivity contribution is 0.0526. The predicted molar refractivity (Wildman–Crippen MR) is 73.3 cm³/mol. The van der Waals surface area contributed by atoms with Crippen LogP contribution in [-0.2, 0) is 4.74 Å². The lowest BCUT2D eigenvalue weighted by Crippen LogP contribution is -2.04. The second-order valence-corrected chi connectivity index (χ2v) is 3.87.